The highest BCUT2D eigenvalue weighted by Crippen LogP contribution is 2.51. The minimum atomic E-state index is -3.53. The van der Waals surface area contributed by atoms with Crippen molar-refractivity contribution in [3.05, 3.63) is 112 Å². The Morgan fingerprint density at radius 2 is 1.63 bits per heavy atom. The number of hydrogen-bond donors (Lipinski definition) is 0. The first-order chi connectivity index (χ1) is 25.3. The van der Waals surface area contributed by atoms with Gasteiger partial charge in [-0.25, -0.2) is 4.98 Å². The molecule has 4 heteroatoms. The van der Waals surface area contributed by atoms with Crippen molar-refractivity contribution in [3.8, 4) is 22.5 Å². The molecule has 2 aliphatic rings. The molecule has 4 nitrogen and oxygen atoms in total. The fourth-order valence-electron chi connectivity index (χ4n) is 6.79. The first kappa shape index (κ1) is 14.0. The van der Waals surface area contributed by atoms with Crippen LogP contribution in [0.15, 0.2) is 77.5 Å². The molecule has 2 unspecified atom stereocenters. The molecule has 2 aliphatic heterocycles. The van der Waals surface area contributed by atoms with Gasteiger partial charge in [-0.2, -0.15) is 0 Å². The summed E-state index contributed by atoms with van der Waals surface area (Å²) in [6.07, 6.45) is 2.81. The van der Waals surface area contributed by atoms with E-state index in [1.165, 1.54) is 18.5 Å². The highest BCUT2D eigenvalue weighted by molar-refractivity contribution is 6.09. The number of nitrogens with zero attached hydrogens (tertiary/aromatic N) is 3. The fraction of sp³-hybridized carbons (Fsp3) is 0.270. The quantitative estimate of drug-likeness (QED) is 0.204. The van der Waals surface area contributed by atoms with Gasteiger partial charge in [-0.15, -0.1) is 9.13 Å². The SMILES string of the molecule is [2H]C([2H])([2H])c1c[n+]2c(cc1C)-c1ccccc1C21c2ccc3c(oc4nc(C)ccc43)c2-c2cc(C([2H])(C([2H])([2H])[2H])C([2H])([2H])[2H])c(C([2H])(C)C([2H])([2H])[2H])c[n+]21. The van der Waals surface area contributed by atoms with Crippen LogP contribution >= 0.6 is 0 Å². The number of fused-ring (bicyclic) bond motifs is 14. The molecule has 4 aromatic heterocycles. The average molecular weight is 552 g/mol. The predicted octanol–water partition coefficient (Wildman–Crippen LogP) is 7.99. The monoisotopic (exact) mass is 551 g/mol. The van der Waals surface area contributed by atoms with Crippen molar-refractivity contribution < 1.29 is 32.7 Å². The van der Waals surface area contributed by atoms with Crippen LogP contribution in [0.25, 0.3) is 44.6 Å². The molecule has 0 saturated carbocycles. The molecule has 1 spiro atoms. The summed E-state index contributed by atoms with van der Waals surface area (Å²) >= 11 is 0. The third kappa shape index (κ3) is 2.97. The topological polar surface area (TPSA) is 33.8 Å². The van der Waals surface area contributed by atoms with Crippen LogP contribution in [-0.4, -0.2) is 4.98 Å². The van der Waals surface area contributed by atoms with E-state index in [-0.39, 0.29) is 11.3 Å². The Balaban J connectivity index is 1.66. The molecule has 2 atom stereocenters. The molecule has 6 heterocycles. The van der Waals surface area contributed by atoms with Gasteiger partial charge in [-0.05, 0) is 80.0 Å². The molecule has 0 saturated heterocycles. The second kappa shape index (κ2) is 8.13. The first-order valence-corrected chi connectivity index (χ1v) is 13.4. The second-order valence-corrected chi connectivity index (χ2v) is 11.0. The molecule has 202 valence electrons. The van der Waals surface area contributed by atoms with Gasteiger partial charge >= 0.3 is 5.66 Å². The lowest BCUT2D eigenvalue weighted by molar-refractivity contribution is -0.955. The number of pyridine rings is 3. The van der Waals surface area contributed by atoms with Crippen molar-refractivity contribution in [1.82, 2.24) is 4.98 Å². The van der Waals surface area contributed by atoms with E-state index < -0.39 is 56.0 Å². The Morgan fingerprint density at radius 3 is 2.46 bits per heavy atom. The van der Waals surface area contributed by atoms with Gasteiger partial charge in [0.15, 0.2) is 18.0 Å². The summed E-state index contributed by atoms with van der Waals surface area (Å²) in [5.74, 6) is -6.05. The van der Waals surface area contributed by atoms with Crippen LogP contribution in [0.3, 0.4) is 0 Å². The summed E-state index contributed by atoms with van der Waals surface area (Å²) in [5.41, 5.74) is 2.07. The Morgan fingerprint density at radius 1 is 0.829 bits per heavy atom. The molecule has 0 bridgehead atoms. The summed E-state index contributed by atoms with van der Waals surface area (Å²) in [7, 11) is 0. The summed E-state index contributed by atoms with van der Waals surface area (Å²) in [5, 5.41) is 1.28. The van der Waals surface area contributed by atoms with Crippen LogP contribution in [0.5, 0.6) is 0 Å². The van der Waals surface area contributed by atoms with E-state index in [2.05, 4.69) is 4.98 Å². The molecule has 0 fully saturated rings. The maximum atomic E-state index is 9.36. The predicted molar refractivity (Wildman–Crippen MR) is 163 cm³/mol. The number of aryl methyl sites for hydroxylation is 3. The average Bonchev–Trinajstić information content (AvgIpc) is 3.67. The zero-order valence-electron chi connectivity index (χ0n) is 36.7. The molecular formula is C37H35N3O+2. The lowest BCUT2D eigenvalue weighted by Gasteiger charge is -2.20. The maximum absolute atomic E-state index is 9.36. The van der Waals surface area contributed by atoms with E-state index in [1.54, 1.807) is 35.1 Å². The number of hydrogen-bond acceptors (Lipinski definition) is 2. The van der Waals surface area contributed by atoms with Crippen LogP contribution < -0.4 is 9.13 Å². The van der Waals surface area contributed by atoms with Gasteiger partial charge in [0.1, 0.15) is 16.7 Å². The smallest absolute Gasteiger partial charge is 0.417 e. The lowest BCUT2D eigenvalue weighted by atomic mass is 9.89. The largest absolute Gasteiger partial charge is 0.437 e. The molecule has 6 aromatic rings. The Bertz CT molecular complexity index is 2620. The van der Waals surface area contributed by atoms with E-state index in [9.17, 15) is 2.74 Å². The molecular weight excluding hydrogens is 502 g/mol. The molecule has 41 heavy (non-hydrogen) atoms. The number of benzene rings is 2. The highest BCUT2D eigenvalue weighted by atomic mass is 16.3. The van der Waals surface area contributed by atoms with Gasteiger partial charge in [0.05, 0.1) is 5.56 Å². The van der Waals surface area contributed by atoms with Gasteiger partial charge in [-0.1, -0.05) is 39.6 Å². The third-order valence-corrected chi connectivity index (χ3v) is 8.61. The summed E-state index contributed by atoms with van der Waals surface area (Å²) < 4.78 is 130. The van der Waals surface area contributed by atoms with Crippen LogP contribution in [0.2, 0.25) is 0 Å². The van der Waals surface area contributed by atoms with Crippen LogP contribution in [0.1, 0.15) is 97.5 Å². The first-order valence-electron chi connectivity index (χ1n) is 20.4. The Labute approximate surface area is 260 Å². The van der Waals surface area contributed by atoms with Gasteiger partial charge in [0, 0.05) is 58.9 Å². The molecule has 0 aliphatic carbocycles. The molecule has 2 aromatic carbocycles. The molecule has 8 rings (SSSR count). The van der Waals surface area contributed by atoms with E-state index in [4.69, 9.17) is 20.9 Å². The summed E-state index contributed by atoms with van der Waals surface area (Å²) in [6, 6.07) is 17.7. The number of rotatable bonds is 2. The van der Waals surface area contributed by atoms with E-state index >= 15 is 0 Å². The van der Waals surface area contributed by atoms with Gasteiger partial charge < -0.3 is 4.42 Å². The Hall–Kier alpha value is -4.31. The van der Waals surface area contributed by atoms with E-state index in [1.807, 2.05) is 42.5 Å². The van der Waals surface area contributed by atoms with E-state index in [0.717, 1.165) is 6.92 Å². The third-order valence-electron chi connectivity index (χ3n) is 8.61. The molecule has 0 amide bonds. The molecule has 0 radical (unpaired) electrons. The van der Waals surface area contributed by atoms with Crippen molar-refractivity contribution in [1.29, 1.82) is 0 Å². The van der Waals surface area contributed by atoms with Crippen LogP contribution in [-0.2, 0) is 5.66 Å². The van der Waals surface area contributed by atoms with Gasteiger partial charge in [0.2, 0.25) is 17.1 Å². The number of aromatic nitrogens is 3. The zero-order valence-corrected chi connectivity index (χ0v) is 22.7. The van der Waals surface area contributed by atoms with E-state index in [0.29, 0.717) is 61.3 Å². The van der Waals surface area contributed by atoms with Gasteiger partial charge in [-0.3, -0.25) is 0 Å². The Kier molecular flexibility index (Phi) is 2.78. The normalized spacial score (nSPS) is 24.7. The maximum Gasteiger partial charge on any atom is 0.417 e. The molecule has 0 N–H and O–H groups in total. The minimum absolute atomic E-state index is 0.0446. The van der Waals surface area contributed by atoms with Crippen molar-refractivity contribution in [2.75, 3.05) is 0 Å². The van der Waals surface area contributed by atoms with Crippen LogP contribution in [0, 0.1) is 20.7 Å². The summed E-state index contributed by atoms with van der Waals surface area (Å²) in [6.45, 7) is -8.20. The zero-order chi connectivity index (χ0) is 40.2. The fourth-order valence-corrected chi connectivity index (χ4v) is 6.79. The van der Waals surface area contributed by atoms with Crippen molar-refractivity contribution >= 4 is 22.1 Å². The van der Waals surface area contributed by atoms with Crippen molar-refractivity contribution in [2.45, 2.75) is 65.6 Å². The lowest BCUT2D eigenvalue weighted by Crippen LogP contribution is -2.71. The van der Waals surface area contributed by atoms with Gasteiger partial charge in [0.25, 0.3) is 0 Å². The summed E-state index contributed by atoms with van der Waals surface area (Å²) in [4.78, 5) is 4.59. The number of furan rings is 1. The highest BCUT2D eigenvalue weighted by Gasteiger charge is 2.67. The van der Waals surface area contributed by atoms with Crippen molar-refractivity contribution in [2.24, 2.45) is 0 Å². The standard InChI is InChI=1S/C37H35N3O/c1-20(2)28-17-33-34-31(15-14-25-26-13-12-24(7)38-36(26)41-35(25)34)37(40(33)19-29(28)21(3)4)30-11-9-8-10-27(30)32-16-22(5)23(6)18-39(32)37/h8-21H,1-7H3/q+2/i1D3,2D3,3D3,6D3,20D,21D. The second-order valence-electron chi connectivity index (χ2n) is 11.0. The minimum Gasteiger partial charge on any atom is -0.437 e. The van der Waals surface area contributed by atoms with Crippen molar-refractivity contribution in [3.63, 3.8) is 0 Å². The van der Waals surface area contributed by atoms with Crippen LogP contribution in [0.4, 0.5) is 0 Å².